The molecule has 0 bridgehead atoms. The maximum Gasteiger partial charge on any atom is 0.0691 e. The highest BCUT2D eigenvalue weighted by atomic mass is 15.1. The molecule has 0 spiro atoms. The van der Waals surface area contributed by atoms with Crippen LogP contribution in [0.4, 0.5) is 5.69 Å². The van der Waals surface area contributed by atoms with Gasteiger partial charge in [0.1, 0.15) is 0 Å². The number of rotatable bonds is 2. The summed E-state index contributed by atoms with van der Waals surface area (Å²) in [6.07, 6.45) is 5.94. The van der Waals surface area contributed by atoms with Gasteiger partial charge in [-0.25, -0.2) is 0 Å². The van der Waals surface area contributed by atoms with Gasteiger partial charge in [-0.2, -0.15) is 5.10 Å². The van der Waals surface area contributed by atoms with E-state index in [4.69, 9.17) is 0 Å². The Hall–Kier alpha value is -2.36. The topological polar surface area (TPSA) is 53.6 Å². The van der Waals surface area contributed by atoms with Crippen molar-refractivity contribution in [2.75, 3.05) is 5.32 Å². The van der Waals surface area contributed by atoms with Crippen molar-refractivity contribution in [3.05, 3.63) is 54.0 Å². The van der Waals surface area contributed by atoms with Crippen LogP contribution < -0.4 is 5.32 Å². The molecule has 0 saturated carbocycles. The number of hydrogen-bond donors (Lipinski definition) is 2. The van der Waals surface area contributed by atoms with E-state index in [1.807, 2.05) is 30.6 Å². The Balaban J connectivity index is 1.71. The number of hydrogen-bond acceptors (Lipinski definition) is 3. The molecular formula is C15H14N4. The maximum atomic E-state index is 4.52. The van der Waals surface area contributed by atoms with Gasteiger partial charge in [-0.05, 0) is 36.6 Å². The monoisotopic (exact) mass is 250 g/mol. The molecule has 19 heavy (non-hydrogen) atoms. The first-order chi connectivity index (χ1) is 9.42. The number of fused-ring (bicyclic) bond motifs is 2. The van der Waals surface area contributed by atoms with Crippen molar-refractivity contribution < 1.29 is 0 Å². The molecule has 4 nitrogen and oxygen atoms in total. The minimum absolute atomic E-state index is 0.302. The second kappa shape index (κ2) is 4.09. The Kier molecular flexibility index (Phi) is 2.27. The Morgan fingerprint density at radius 3 is 3.21 bits per heavy atom. The summed E-state index contributed by atoms with van der Waals surface area (Å²) in [5.41, 5.74) is 4.72. The molecule has 1 aliphatic carbocycles. The highest BCUT2D eigenvalue weighted by Gasteiger charge is 2.23. The average molecular weight is 250 g/mol. The molecule has 2 N–H and O–H groups in total. The predicted octanol–water partition coefficient (Wildman–Crippen LogP) is 3.06. The van der Waals surface area contributed by atoms with Gasteiger partial charge in [-0.1, -0.05) is 12.1 Å². The van der Waals surface area contributed by atoms with Crippen molar-refractivity contribution in [1.82, 2.24) is 15.2 Å². The first-order valence-electron chi connectivity index (χ1n) is 6.54. The summed E-state index contributed by atoms with van der Waals surface area (Å²) < 4.78 is 0. The molecule has 1 unspecified atom stereocenters. The third-order valence-corrected chi connectivity index (χ3v) is 3.77. The van der Waals surface area contributed by atoms with E-state index < -0.39 is 0 Å². The molecule has 0 fully saturated rings. The lowest BCUT2D eigenvalue weighted by Gasteiger charge is -2.15. The highest BCUT2D eigenvalue weighted by molar-refractivity contribution is 5.91. The summed E-state index contributed by atoms with van der Waals surface area (Å²) in [6, 6.07) is 10.7. The van der Waals surface area contributed by atoms with Crippen molar-refractivity contribution >= 4 is 16.6 Å². The van der Waals surface area contributed by atoms with Gasteiger partial charge in [0, 0.05) is 17.3 Å². The number of benzene rings is 1. The average Bonchev–Trinajstić information content (AvgIpc) is 3.06. The minimum atomic E-state index is 0.302. The number of aromatic nitrogens is 3. The summed E-state index contributed by atoms with van der Waals surface area (Å²) in [6.45, 7) is 0. The van der Waals surface area contributed by atoms with E-state index in [1.54, 1.807) is 0 Å². The summed E-state index contributed by atoms with van der Waals surface area (Å²) in [5, 5.41) is 11.8. The van der Waals surface area contributed by atoms with E-state index in [2.05, 4.69) is 32.6 Å². The van der Waals surface area contributed by atoms with Crippen LogP contribution >= 0.6 is 0 Å². The fourth-order valence-electron chi connectivity index (χ4n) is 2.83. The van der Waals surface area contributed by atoms with Crippen molar-refractivity contribution in [2.24, 2.45) is 0 Å². The van der Waals surface area contributed by atoms with Crippen LogP contribution in [0.25, 0.3) is 10.9 Å². The molecule has 0 amide bonds. The van der Waals surface area contributed by atoms with Crippen LogP contribution in [0.2, 0.25) is 0 Å². The van der Waals surface area contributed by atoms with Crippen LogP contribution in [-0.2, 0) is 6.42 Å². The fourth-order valence-corrected chi connectivity index (χ4v) is 2.83. The van der Waals surface area contributed by atoms with Gasteiger partial charge in [0.2, 0.25) is 0 Å². The minimum Gasteiger partial charge on any atom is -0.376 e. The molecule has 1 aromatic carbocycles. The smallest absolute Gasteiger partial charge is 0.0691 e. The molecule has 4 heteroatoms. The molecule has 2 aromatic heterocycles. The number of anilines is 1. The van der Waals surface area contributed by atoms with Crippen LogP contribution in [0.1, 0.15) is 23.7 Å². The van der Waals surface area contributed by atoms with E-state index >= 15 is 0 Å². The number of nitrogens with zero attached hydrogens (tertiary/aromatic N) is 2. The van der Waals surface area contributed by atoms with Crippen LogP contribution in [0.15, 0.2) is 42.7 Å². The Morgan fingerprint density at radius 1 is 1.21 bits per heavy atom. The third kappa shape index (κ3) is 1.68. The summed E-state index contributed by atoms with van der Waals surface area (Å²) in [7, 11) is 0. The van der Waals surface area contributed by atoms with Crippen molar-refractivity contribution in [2.45, 2.75) is 18.9 Å². The first-order valence-corrected chi connectivity index (χ1v) is 6.54. The van der Waals surface area contributed by atoms with Gasteiger partial charge in [-0.3, -0.25) is 10.1 Å². The second-order valence-electron chi connectivity index (χ2n) is 4.92. The normalized spacial score (nSPS) is 17.6. The second-order valence-corrected chi connectivity index (χ2v) is 4.92. The van der Waals surface area contributed by atoms with Gasteiger partial charge in [-0.15, -0.1) is 0 Å². The summed E-state index contributed by atoms with van der Waals surface area (Å²) in [5.74, 6) is 0. The number of aromatic amines is 1. The van der Waals surface area contributed by atoms with Crippen LogP contribution in [-0.4, -0.2) is 15.2 Å². The number of nitrogens with one attached hydrogen (secondary N) is 2. The first kappa shape index (κ1) is 10.6. The van der Waals surface area contributed by atoms with Gasteiger partial charge < -0.3 is 5.32 Å². The highest BCUT2D eigenvalue weighted by Crippen LogP contribution is 2.33. The van der Waals surface area contributed by atoms with Gasteiger partial charge in [0.15, 0.2) is 0 Å². The molecule has 0 saturated heterocycles. The van der Waals surface area contributed by atoms with Gasteiger partial charge in [0.25, 0.3) is 0 Å². The molecule has 3 aromatic rings. The number of H-pyrrole nitrogens is 1. The van der Waals surface area contributed by atoms with E-state index in [9.17, 15) is 0 Å². The molecule has 94 valence electrons. The lowest BCUT2D eigenvalue weighted by atomic mass is 10.1. The Labute approximate surface area is 110 Å². The fraction of sp³-hybridized carbons (Fsp3) is 0.200. The van der Waals surface area contributed by atoms with Crippen LogP contribution in [0.3, 0.4) is 0 Å². The molecular weight excluding hydrogens is 236 g/mol. The molecule has 1 atom stereocenters. The van der Waals surface area contributed by atoms with Crippen molar-refractivity contribution in [3.8, 4) is 0 Å². The molecule has 0 radical (unpaired) electrons. The maximum absolute atomic E-state index is 4.52. The van der Waals surface area contributed by atoms with E-state index in [1.165, 1.54) is 11.3 Å². The Bertz CT molecular complexity index is 732. The van der Waals surface area contributed by atoms with E-state index in [-0.39, 0.29) is 0 Å². The zero-order chi connectivity index (χ0) is 12.7. The van der Waals surface area contributed by atoms with E-state index in [0.717, 1.165) is 29.4 Å². The third-order valence-electron chi connectivity index (χ3n) is 3.77. The number of aryl methyl sites for hydroxylation is 1. The number of pyridine rings is 1. The lowest BCUT2D eigenvalue weighted by Crippen LogP contribution is -2.08. The lowest BCUT2D eigenvalue weighted by molar-refractivity contribution is 0.747. The molecule has 0 aliphatic heterocycles. The predicted molar refractivity (Wildman–Crippen MR) is 75.0 cm³/mol. The van der Waals surface area contributed by atoms with Crippen LogP contribution in [0.5, 0.6) is 0 Å². The van der Waals surface area contributed by atoms with Gasteiger partial charge in [0.05, 0.1) is 23.4 Å². The van der Waals surface area contributed by atoms with Crippen LogP contribution in [0, 0.1) is 0 Å². The molecule has 4 rings (SSSR count). The SMILES string of the molecule is c1cnc2c(c1)CCC2Nc1cccc2[nH]ncc12. The van der Waals surface area contributed by atoms with E-state index in [0.29, 0.717) is 6.04 Å². The standard InChI is InChI=1S/C15H14N4/c1-4-12(11-9-17-19-13(11)5-1)18-14-7-6-10-3-2-8-16-15(10)14/h1-5,8-9,14,18H,6-7H2,(H,17,19). The quantitative estimate of drug-likeness (QED) is 0.735. The molecule has 2 heterocycles. The zero-order valence-electron chi connectivity index (χ0n) is 10.4. The summed E-state index contributed by atoms with van der Waals surface area (Å²) in [4.78, 5) is 4.52. The van der Waals surface area contributed by atoms with Gasteiger partial charge >= 0.3 is 0 Å². The molecule has 1 aliphatic rings. The zero-order valence-corrected chi connectivity index (χ0v) is 10.4. The summed E-state index contributed by atoms with van der Waals surface area (Å²) >= 11 is 0. The largest absolute Gasteiger partial charge is 0.376 e. The van der Waals surface area contributed by atoms with Crippen molar-refractivity contribution in [3.63, 3.8) is 0 Å². The van der Waals surface area contributed by atoms with Crippen molar-refractivity contribution in [1.29, 1.82) is 0 Å². The Morgan fingerprint density at radius 2 is 2.21 bits per heavy atom.